The van der Waals surface area contributed by atoms with Crippen molar-refractivity contribution in [3.05, 3.63) is 71.2 Å². The molecule has 0 saturated heterocycles. The van der Waals surface area contributed by atoms with Crippen LogP contribution in [0.4, 0.5) is 0 Å². The van der Waals surface area contributed by atoms with Crippen molar-refractivity contribution in [1.29, 1.82) is 0 Å². The van der Waals surface area contributed by atoms with E-state index in [2.05, 4.69) is 6.92 Å². The Morgan fingerprint density at radius 2 is 1.88 bits per heavy atom. The minimum Gasteiger partial charge on any atom is -0.503 e. The van der Waals surface area contributed by atoms with Crippen LogP contribution in [0, 0.1) is 0 Å². The first-order valence-electron chi connectivity index (χ1n) is 11.6. The molecule has 0 radical (unpaired) electrons. The minimum absolute atomic E-state index is 0.0103. The van der Waals surface area contributed by atoms with E-state index in [1.807, 2.05) is 37.3 Å². The van der Waals surface area contributed by atoms with Gasteiger partial charge in [0.25, 0.3) is 5.91 Å². The minimum atomic E-state index is -0.722. The number of aliphatic hydroxyl groups excluding tert-OH is 1. The lowest BCUT2D eigenvalue weighted by molar-refractivity contribution is -0.129. The monoisotopic (exact) mass is 463 g/mol. The maximum atomic E-state index is 13.6. The summed E-state index contributed by atoms with van der Waals surface area (Å²) in [5.74, 6) is -0.381. The number of carbonyl (C=O) groups is 2. The van der Waals surface area contributed by atoms with Crippen LogP contribution in [0.2, 0.25) is 0 Å². The smallest absolute Gasteiger partial charge is 0.290 e. The Balaban J connectivity index is 1.72. The van der Waals surface area contributed by atoms with Crippen LogP contribution in [-0.4, -0.2) is 42.0 Å². The number of benzene rings is 2. The molecular weight excluding hydrogens is 434 g/mol. The normalized spacial score (nSPS) is 15.9. The number of furan rings is 1. The quantitative estimate of drug-likeness (QED) is 0.311. The second-order valence-corrected chi connectivity index (χ2v) is 8.25. The Labute approximate surface area is 198 Å². The summed E-state index contributed by atoms with van der Waals surface area (Å²) >= 11 is 0. The third-order valence-electron chi connectivity index (χ3n) is 5.93. The number of unbranched alkanes of at least 4 members (excludes halogenated alkanes) is 1. The number of fused-ring (bicyclic) bond motifs is 1. The zero-order valence-corrected chi connectivity index (χ0v) is 19.7. The number of nitrogens with zero attached hydrogens (tertiary/aromatic N) is 1. The lowest BCUT2D eigenvalue weighted by atomic mass is 9.95. The fourth-order valence-corrected chi connectivity index (χ4v) is 4.23. The molecule has 2 heterocycles. The van der Waals surface area contributed by atoms with Crippen molar-refractivity contribution in [3.8, 4) is 11.5 Å². The summed E-state index contributed by atoms with van der Waals surface area (Å²) in [7, 11) is 1.52. The predicted octanol–water partition coefficient (Wildman–Crippen LogP) is 5.61. The second-order valence-electron chi connectivity index (χ2n) is 8.25. The molecule has 0 spiro atoms. The van der Waals surface area contributed by atoms with E-state index in [-0.39, 0.29) is 11.3 Å². The van der Waals surface area contributed by atoms with Gasteiger partial charge in [-0.1, -0.05) is 44.5 Å². The number of amides is 1. The van der Waals surface area contributed by atoms with E-state index in [1.54, 1.807) is 18.2 Å². The molecule has 178 valence electrons. The fourth-order valence-electron chi connectivity index (χ4n) is 4.23. The van der Waals surface area contributed by atoms with Crippen LogP contribution >= 0.6 is 0 Å². The van der Waals surface area contributed by atoms with Crippen LogP contribution in [0.1, 0.15) is 55.3 Å². The molecule has 7 heteroatoms. The summed E-state index contributed by atoms with van der Waals surface area (Å²) in [5, 5.41) is 11.5. The molecule has 4 rings (SSSR count). The molecule has 3 aromatic rings. The maximum absolute atomic E-state index is 13.6. The molecule has 1 N–H and O–H groups in total. The number of para-hydroxylation sites is 1. The van der Waals surface area contributed by atoms with Crippen LogP contribution in [0.3, 0.4) is 0 Å². The van der Waals surface area contributed by atoms with Gasteiger partial charge >= 0.3 is 0 Å². The third-order valence-corrected chi connectivity index (χ3v) is 5.93. The average molecular weight is 464 g/mol. The van der Waals surface area contributed by atoms with Gasteiger partial charge in [-0.25, -0.2) is 0 Å². The molecule has 1 aliphatic heterocycles. The lowest BCUT2D eigenvalue weighted by Gasteiger charge is -2.26. The molecule has 0 bridgehead atoms. The van der Waals surface area contributed by atoms with Gasteiger partial charge in [-0.3, -0.25) is 9.59 Å². The Hall–Kier alpha value is -3.74. The SMILES string of the molecule is CCCCOc1ccc(C2C(C(=O)c3cc4cccc(OC)c4o3)=C(O)C(=O)N2CCC)cc1. The number of ketones is 1. The van der Waals surface area contributed by atoms with Crippen LogP contribution in [0.5, 0.6) is 11.5 Å². The zero-order valence-electron chi connectivity index (χ0n) is 19.7. The highest BCUT2D eigenvalue weighted by atomic mass is 16.5. The Kier molecular flexibility index (Phi) is 6.91. The van der Waals surface area contributed by atoms with E-state index in [0.29, 0.717) is 47.6 Å². The molecular formula is C27H29NO6. The number of hydrogen-bond donors (Lipinski definition) is 1. The van der Waals surface area contributed by atoms with Gasteiger partial charge in [0.15, 0.2) is 22.9 Å². The van der Waals surface area contributed by atoms with E-state index in [4.69, 9.17) is 13.9 Å². The van der Waals surface area contributed by atoms with E-state index in [0.717, 1.165) is 12.8 Å². The predicted molar refractivity (Wildman–Crippen MR) is 128 cm³/mol. The average Bonchev–Trinajstić information content (AvgIpc) is 3.39. The molecule has 7 nitrogen and oxygen atoms in total. The first-order valence-corrected chi connectivity index (χ1v) is 11.6. The van der Waals surface area contributed by atoms with E-state index < -0.39 is 23.5 Å². The molecule has 0 saturated carbocycles. The molecule has 1 aromatic heterocycles. The number of rotatable bonds is 10. The van der Waals surface area contributed by atoms with Gasteiger partial charge in [0.2, 0.25) is 5.78 Å². The molecule has 1 amide bonds. The molecule has 0 aliphatic carbocycles. The zero-order chi connectivity index (χ0) is 24.2. The summed E-state index contributed by atoms with van der Waals surface area (Å²) in [6, 6.07) is 13.5. The van der Waals surface area contributed by atoms with E-state index >= 15 is 0 Å². The Morgan fingerprint density at radius 1 is 1.12 bits per heavy atom. The van der Waals surface area contributed by atoms with Crippen molar-refractivity contribution in [1.82, 2.24) is 4.90 Å². The number of aliphatic hydroxyl groups is 1. The van der Waals surface area contributed by atoms with Gasteiger partial charge < -0.3 is 23.9 Å². The van der Waals surface area contributed by atoms with Gasteiger partial charge in [0.05, 0.1) is 25.3 Å². The number of carbonyl (C=O) groups excluding carboxylic acids is 2. The van der Waals surface area contributed by atoms with Crippen LogP contribution < -0.4 is 9.47 Å². The number of methoxy groups -OCH3 is 1. The summed E-state index contributed by atoms with van der Waals surface area (Å²) in [6.07, 6.45) is 2.68. The molecule has 0 fully saturated rings. The molecule has 1 aliphatic rings. The molecule has 1 atom stereocenters. The summed E-state index contributed by atoms with van der Waals surface area (Å²) in [6.45, 7) is 5.06. The summed E-state index contributed by atoms with van der Waals surface area (Å²) in [5.41, 5.74) is 1.16. The van der Waals surface area contributed by atoms with Crippen molar-refractivity contribution in [2.75, 3.05) is 20.3 Å². The number of ether oxygens (including phenoxy) is 2. The van der Waals surface area contributed by atoms with Gasteiger partial charge in [-0.15, -0.1) is 0 Å². The highest BCUT2D eigenvalue weighted by molar-refractivity contribution is 6.16. The largest absolute Gasteiger partial charge is 0.503 e. The number of Topliss-reactive ketones (excluding diaryl/α,β-unsaturated/α-hetero) is 1. The van der Waals surface area contributed by atoms with E-state index in [1.165, 1.54) is 12.0 Å². The van der Waals surface area contributed by atoms with Crippen molar-refractivity contribution >= 4 is 22.7 Å². The van der Waals surface area contributed by atoms with Crippen molar-refractivity contribution in [2.45, 2.75) is 39.2 Å². The van der Waals surface area contributed by atoms with Gasteiger partial charge in [0.1, 0.15) is 5.75 Å². The molecule has 2 aromatic carbocycles. The third kappa shape index (κ3) is 4.25. The Bertz CT molecular complexity index is 1220. The van der Waals surface area contributed by atoms with Crippen molar-refractivity contribution in [2.24, 2.45) is 0 Å². The van der Waals surface area contributed by atoms with Gasteiger partial charge in [0, 0.05) is 11.9 Å². The van der Waals surface area contributed by atoms with Gasteiger partial charge in [-0.05, 0) is 42.7 Å². The molecule has 34 heavy (non-hydrogen) atoms. The van der Waals surface area contributed by atoms with Gasteiger partial charge in [-0.2, -0.15) is 0 Å². The van der Waals surface area contributed by atoms with E-state index in [9.17, 15) is 14.7 Å². The second kappa shape index (κ2) is 10.0. The van der Waals surface area contributed by atoms with Crippen molar-refractivity contribution < 1.29 is 28.6 Å². The topological polar surface area (TPSA) is 89.2 Å². The highest BCUT2D eigenvalue weighted by Gasteiger charge is 2.44. The lowest BCUT2D eigenvalue weighted by Crippen LogP contribution is -2.31. The Morgan fingerprint density at radius 3 is 2.56 bits per heavy atom. The maximum Gasteiger partial charge on any atom is 0.290 e. The van der Waals surface area contributed by atoms with Crippen molar-refractivity contribution in [3.63, 3.8) is 0 Å². The highest BCUT2D eigenvalue weighted by Crippen LogP contribution is 2.40. The fraction of sp³-hybridized carbons (Fsp3) is 0.333. The molecule has 1 unspecified atom stereocenters. The summed E-state index contributed by atoms with van der Waals surface area (Å²) < 4.78 is 16.9. The first-order chi connectivity index (χ1) is 16.5. The van der Waals surface area contributed by atoms with Crippen LogP contribution in [0.25, 0.3) is 11.0 Å². The van der Waals surface area contributed by atoms with Crippen LogP contribution in [0.15, 0.2) is 64.3 Å². The first kappa shape index (κ1) is 23.4. The van der Waals surface area contributed by atoms with Crippen LogP contribution in [-0.2, 0) is 4.79 Å². The summed E-state index contributed by atoms with van der Waals surface area (Å²) in [4.78, 5) is 28.0. The number of hydrogen-bond acceptors (Lipinski definition) is 6. The standard InChI is InChI=1S/C27H29NO6/c1-4-6-15-33-19-12-10-17(11-13-19)23-22(25(30)27(31)28(23)14-5-2)24(29)21-16-18-8-7-9-20(32-3)26(18)34-21/h7-13,16,23,30H,4-6,14-15H2,1-3H3.